The molecule has 0 radical (unpaired) electrons. The summed E-state index contributed by atoms with van der Waals surface area (Å²) in [6.07, 6.45) is 1.60. The number of nitro groups is 1. The average molecular weight is 280 g/mol. The molecule has 1 heterocycles. The number of aliphatic hydroxyl groups excluding tert-OH is 1. The van der Waals surface area contributed by atoms with Gasteiger partial charge in [0, 0.05) is 12.6 Å². The Bertz CT molecular complexity index is 531. The molecule has 1 fully saturated rings. The molecule has 1 amide bonds. The van der Waals surface area contributed by atoms with Crippen molar-refractivity contribution < 1.29 is 19.6 Å². The van der Waals surface area contributed by atoms with Crippen LogP contribution >= 0.6 is 0 Å². The molecule has 2 rings (SSSR count). The molecule has 108 valence electrons. The van der Waals surface area contributed by atoms with Gasteiger partial charge in [0.05, 0.1) is 36.3 Å². The van der Waals surface area contributed by atoms with Crippen LogP contribution in [-0.2, 0) is 0 Å². The molecule has 1 N–H and O–H groups in total. The summed E-state index contributed by atoms with van der Waals surface area (Å²) < 4.78 is 5.07. The summed E-state index contributed by atoms with van der Waals surface area (Å²) in [6, 6.07) is 3.71. The molecule has 1 aliphatic heterocycles. The average Bonchev–Trinajstić information content (AvgIpc) is 2.94. The second-order valence-corrected chi connectivity index (χ2v) is 4.62. The first-order chi connectivity index (χ1) is 9.58. The maximum atomic E-state index is 12.4. The predicted molar refractivity (Wildman–Crippen MR) is 70.8 cm³/mol. The SMILES string of the molecule is COc1cc([N+](=O)[O-])ccc1C(=O)N1CCC[C@H]1CO. The van der Waals surface area contributed by atoms with Gasteiger partial charge in [-0.15, -0.1) is 0 Å². The first-order valence-corrected chi connectivity index (χ1v) is 6.32. The van der Waals surface area contributed by atoms with Crippen LogP contribution in [0.5, 0.6) is 5.75 Å². The van der Waals surface area contributed by atoms with E-state index in [2.05, 4.69) is 0 Å². The summed E-state index contributed by atoms with van der Waals surface area (Å²) in [5, 5.41) is 20.0. The van der Waals surface area contributed by atoms with Crippen LogP contribution in [0.25, 0.3) is 0 Å². The Morgan fingerprint density at radius 3 is 2.95 bits per heavy atom. The van der Waals surface area contributed by atoms with E-state index < -0.39 is 4.92 Å². The molecule has 1 saturated heterocycles. The van der Waals surface area contributed by atoms with Crippen molar-refractivity contribution >= 4 is 11.6 Å². The van der Waals surface area contributed by atoms with E-state index in [0.717, 1.165) is 12.8 Å². The zero-order valence-corrected chi connectivity index (χ0v) is 11.1. The molecule has 0 saturated carbocycles. The number of methoxy groups -OCH3 is 1. The van der Waals surface area contributed by atoms with Gasteiger partial charge in [-0.3, -0.25) is 14.9 Å². The normalized spacial score (nSPS) is 18.1. The molecule has 0 spiro atoms. The van der Waals surface area contributed by atoms with Gasteiger partial charge in [-0.05, 0) is 18.9 Å². The standard InChI is InChI=1S/C13H16N2O5/c1-20-12-7-9(15(18)19)4-5-11(12)13(17)14-6-2-3-10(14)8-16/h4-5,7,10,16H,2-3,6,8H2,1H3/t10-/m0/s1. The molecule has 0 unspecified atom stereocenters. The molecule has 1 aliphatic rings. The molecule has 1 aromatic rings. The van der Waals surface area contributed by atoms with Gasteiger partial charge in [-0.25, -0.2) is 0 Å². The fraction of sp³-hybridized carbons (Fsp3) is 0.462. The lowest BCUT2D eigenvalue weighted by atomic mass is 10.1. The number of carbonyl (C=O) groups excluding carboxylic acids is 1. The largest absolute Gasteiger partial charge is 0.496 e. The van der Waals surface area contributed by atoms with Crippen molar-refractivity contribution in [1.82, 2.24) is 4.90 Å². The van der Waals surface area contributed by atoms with Crippen LogP contribution in [0.15, 0.2) is 18.2 Å². The molecule has 1 aromatic carbocycles. The van der Waals surface area contributed by atoms with Crippen molar-refractivity contribution in [2.45, 2.75) is 18.9 Å². The van der Waals surface area contributed by atoms with E-state index in [0.29, 0.717) is 6.54 Å². The van der Waals surface area contributed by atoms with Gasteiger partial charge < -0.3 is 14.7 Å². The Labute approximate surface area is 115 Å². The minimum absolute atomic E-state index is 0.0823. The summed E-state index contributed by atoms with van der Waals surface area (Å²) >= 11 is 0. The molecular formula is C13H16N2O5. The zero-order chi connectivity index (χ0) is 14.7. The van der Waals surface area contributed by atoms with Crippen LogP contribution in [0.2, 0.25) is 0 Å². The molecule has 1 atom stereocenters. The van der Waals surface area contributed by atoms with Crippen molar-refractivity contribution in [1.29, 1.82) is 0 Å². The van der Waals surface area contributed by atoms with Crippen LogP contribution < -0.4 is 4.74 Å². The number of amides is 1. The molecule has 0 aromatic heterocycles. The number of likely N-dealkylation sites (tertiary alicyclic amines) is 1. The number of non-ortho nitro benzene ring substituents is 1. The van der Waals surface area contributed by atoms with Gasteiger partial charge in [-0.1, -0.05) is 0 Å². The molecule has 7 heteroatoms. The van der Waals surface area contributed by atoms with Crippen LogP contribution in [0, 0.1) is 10.1 Å². The first-order valence-electron chi connectivity index (χ1n) is 6.32. The monoisotopic (exact) mass is 280 g/mol. The summed E-state index contributed by atoms with van der Waals surface area (Å²) in [4.78, 5) is 24.2. The third-order valence-electron chi connectivity index (χ3n) is 3.48. The Balaban J connectivity index is 2.32. The fourth-order valence-electron chi connectivity index (χ4n) is 2.42. The lowest BCUT2D eigenvalue weighted by molar-refractivity contribution is -0.384. The Morgan fingerprint density at radius 2 is 2.35 bits per heavy atom. The number of ether oxygens (including phenoxy) is 1. The van der Waals surface area contributed by atoms with Crippen LogP contribution in [0.4, 0.5) is 5.69 Å². The fourth-order valence-corrected chi connectivity index (χ4v) is 2.42. The molecule has 0 bridgehead atoms. The highest BCUT2D eigenvalue weighted by molar-refractivity contribution is 5.97. The quantitative estimate of drug-likeness (QED) is 0.660. The van der Waals surface area contributed by atoms with Crippen LogP contribution in [0.1, 0.15) is 23.2 Å². The van der Waals surface area contributed by atoms with Crippen molar-refractivity contribution in [2.75, 3.05) is 20.3 Å². The van der Waals surface area contributed by atoms with Crippen molar-refractivity contribution in [3.05, 3.63) is 33.9 Å². The number of carbonyl (C=O) groups is 1. The maximum Gasteiger partial charge on any atom is 0.273 e. The van der Waals surface area contributed by atoms with Crippen molar-refractivity contribution in [3.63, 3.8) is 0 Å². The van der Waals surface area contributed by atoms with E-state index in [9.17, 15) is 20.0 Å². The minimum atomic E-state index is -0.539. The maximum absolute atomic E-state index is 12.4. The Morgan fingerprint density at radius 1 is 1.60 bits per heavy atom. The van der Waals surface area contributed by atoms with Gasteiger partial charge in [0.25, 0.3) is 11.6 Å². The zero-order valence-electron chi connectivity index (χ0n) is 11.1. The highest BCUT2D eigenvalue weighted by Gasteiger charge is 2.30. The Kier molecular flexibility index (Phi) is 4.19. The highest BCUT2D eigenvalue weighted by atomic mass is 16.6. The van der Waals surface area contributed by atoms with E-state index in [-0.39, 0.29) is 35.6 Å². The molecule has 0 aliphatic carbocycles. The summed E-state index contributed by atoms with van der Waals surface area (Å²) in [7, 11) is 1.36. The van der Waals surface area contributed by atoms with Crippen molar-refractivity contribution in [2.24, 2.45) is 0 Å². The van der Waals surface area contributed by atoms with E-state index in [1.165, 1.54) is 25.3 Å². The highest BCUT2D eigenvalue weighted by Crippen LogP contribution is 2.28. The van der Waals surface area contributed by atoms with Gasteiger partial charge in [-0.2, -0.15) is 0 Å². The Hall–Kier alpha value is -2.15. The van der Waals surface area contributed by atoms with Gasteiger partial charge in [0.15, 0.2) is 0 Å². The molecule has 7 nitrogen and oxygen atoms in total. The molecule has 20 heavy (non-hydrogen) atoms. The number of hydrogen-bond acceptors (Lipinski definition) is 5. The van der Waals surface area contributed by atoms with Gasteiger partial charge in [0.1, 0.15) is 5.75 Å². The van der Waals surface area contributed by atoms with Gasteiger partial charge in [0.2, 0.25) is 0 Å². The van der Waals surface area contributed by atoms with Crippen molar-refractivity contribution in [3.8, 4) is 5.75 Å². The van der Waals surface area contributed by atoms with Crippen LogP contribution in [0.3, 0.4) is 0 Å². The first kappa shape index (κ1) is 14.3. The summed E-state index contributed by atoms with van der Waals surface area (Å²) in [5.41, 5.74) is 0.150. The predicted octanol–water partition coefficient (Wildman–Crippen LogP) is 1.20. The number of aliphatic hydroxyl groups is 1. The second-order valence-electron chi connectivity index (χ2n) is 4.62. The lowest BCUT2D eigenvalue weighted by Crippen LogP contribution is -2.37. The number of rotatable bonds is 4. The number of nitrogens with zero attached hydrogens (tertiary/aromatic N) is 2. The lowest BCUT2D eigenvalue weighted by Gasteiger charge is -2.23. The third kappa shape index (κ3) is 2.57. The minimum Gasteiger partial charge on any atom is -0.496 e. The second kappa shape index (κ2) is 5.87. The summed E-state index contributed by atoms with van der Waals surface area (Å²) in [5.74, 6) is -0.0962. The van der Waals surface area contributed by atoms with Crippen LogP contribution in [-0.4, -0.2) is 47.1 Å². The summed E-state index contributed by atoms with van der Waals surface area (Å²) in [6.45, 7) is 0.491. The smallest absolute Gasteiger partial charge is 0.273 e. The van der Waals surface area contributed by atoms with E-state index in [4.69, 9.17) is 4.74 Å². The topological polar surface area (TPSA) is 92.9 Å². The van der Waals surface area contributed by atoms with Gasteiger partial charge >= 0.3 is 0 Å². The third-order valence-corrected chi connectivity index (χ3v) is 3.48. The number of benzene rings is 1. The van der Waals surface area contributed by atoms with E-state index >= 15 is 0 Å². The number of hydrogen-bond donors (Lipinski definition) is 1. The van der Waals surface area contributed by atoms with E-state index in [1.807, 2.05) is 0 Å². The molecular weight excluding hydrogens is 264 g/mol. The van der Waals surface area contributed by atoms with E-state index in [1.54, 1.807) is 4.90 Å². The number of nitro benzene ring substituents is 1.